The van der Waals surface area contributed by atoms with Gasteiger partial charge in [-0.05, 0) is 73.9 Å². The van der Waals surface area contributed by atoms with Crippen molar-refractivity contribution >= 4 is 11.6 Å². The minimum Gasteiger partial charge on any atom is -0.497 e. The topological polar surface area (TPSA) is 56.8 Å². The van der Waals surface area contributed by atoms with Crippen LogP contribution in [0.1, 0.15) is 18.9 Å². The van der Waals surface area contributed by atoms with Gasteiger partial charge >= 0.3 is 0 Å². The molecule has 1 unspecified atom stereocenters. The molecule has 3 aromatic rings. The molecule has 5 heteroatoms. The molecule has 5 nitrogen and oxygen atoms in total. The molecular formula is C25H27NO4. The Morgan fingerprint density at radius 1 is 0.867 bits per heavy atom. The summed E-state index contributed by atoms with van der Waals surface area (Å²) in [5, 5.41) is 2.86. The molecule has 0 aliphatic carbocycles. The van der Waals surface area contributed by atoms with Crippen LogP contribution in [0.2, 0.25) is 0 Å². The van der Waals surface area contributed by atoms with E-state index < -0.39 is 6.10 Å². The van der Waals surface area contributed by atoms with Gasteiger partial charge in [0.25, 0.3) is 5.91 Å². The third-order valence-corrected chi connectivity index (χ3v) is 4.58. The summed E-state index contributed by atoms with van der Waals surface area (Å²) in [6.45, 7) is 2.36. The van der Waals surface area contributed by atoms with Gasteiger partial charge in [0.1, 0.15) is 17.2 Å². The summed E-state index contributed by atoms with van der Waals surface area (Å²) in [7, 11) is 1.60. The van der Waals surface area contributed by atoms with Gasteiger partial charge in [-0.1, -0.05) is 30.3 Å². The quantitative estimate of drug-likeness (QED) is 0.476. The Labute approximate surface area is 177 Å². The number of hydrogen-bond donors (Lipinski definition) is 1. The molecule has 0 radical (unpaired) electrons. The standard InChI is InChI=1S/C25H27NO4/c1-19(30-24-16-14-22(28-2)15-17-24)25(27)26-21-10-12-23(13-11-21)29-18-6-9-20-7-4-3-5-8-20/h3-5,7-8,10-17,19H,6,9,18H2,1-2H3,(H,26,27). The van der Waals surface area contributed by atoms with E-state index in [4.69, 9.17) is 14.2 Å². The first kappa shape index (κ1) is 21.2. The van der Waals surface area contributed by atoms with Gasteiger partial charge in [0.05, 0.1) is 13.7 Å². The van der Waals surface area contributed by atoms with Crippen LogP contribution in [-0.2, 0) is 11.2 Å². The molecule has 0 spiro atoms. The smallest absolute Gasteiger partial charge is 0.265 e. The summed E-state index contributed by atoms with van der Waals surface area (Å²) in [6.07, 6.45) is 1.30. The molecule has 0 aliphatic heterocycles. The van der Waals surface area contributed by atoms with Gasteiger partial charge in [0.2, 0.25) is 0 Å². The van der Waals surface area contributed by atoms with Gasteiger partial charge in [0.15, 0.2) is 6.10 Å². The second-order valence-electron chi connectivity index (χ2n) is 6.89. The van der Waals surface area contributed by atoms with E-state index >= 15 is 0 Å². The molecule has 0 heterocycles. The predicted octanol–water partition coefficient (Wildman–Crippen LogP) is 5.11. The van der Waals surface area contributed by atoms with E-state index in [2.05, 4.69) is 17.4 Å². The Kier molecular flexibility index (Phi) is 7.72. The number of amides is 1. The van der Waals surface area contributed by atoms with E-state index in [1.165, 1.54) is 5.56 Å². The lowest BCUT2D eigenvalue weighted by Crippen LogP contribution is -2.30. The summed E-state index contributed by atoms with van der Waals surface area (Å²) in [6, 6.07) is 24.8. The molecule has 1 N–H and O–H groups in total. The van der Waals surface area contributed by atoms with Gasteiger partial charge < -0.3 is 19.5 Å². The molecule has 30 heavy (non-hydrogen) atoms. The van der Waals surface area contributed by atoms with Gasteiger partial charge in [-0.2, -0.15) is 0 Å². The van der Waals surface area contributed by atoms with E-state index in [1.54, 1.807) is 38.3 Å². The third kappa shape index (κ3) is 6.55. The fourth-order valence-corrected chi connectivity index (χ4v) is 2.90. The Balaban J connectivity index is 1.41. The highest BCUT2D eigenvalue weighted by atomic mass is 16.5. The molecule has 0 saturated carbocycles. The van der Waals surface area contributed by atoms with Crippen molar-refractivity contribution in [3.63, 3.8) is 0 Å². The zero-order valence-corrected chi connectivity index (χ0v) is 17.3. The van der Waals surface area contributed by atoms with Crippen molar-refractivity contribution in [2.75, 3.05) is 19.0 Å². The summed E-state index contributed by atoms with van der Waals surface area (Å²) < 4.78 is 16.6. The van der Waals surface area contributed by atoms with Crippen LogP contribution in [-0.4, -0.2) is 25.7 Å². The number of carbonyl (C=O) groups excluding carboxylic acids is 1. The zero-order valence-electron chi connectivity index (χ0n) is 17.3. The van der Waals surface area contributed by atoms with Crippen LogP contribution < -0.4 is 19.5 Å². The van der Waals surface area contributed by atoms with Crippen LogP contribution in [0, 0.1) is 0 Å². The lowest BCUT2D eigenvalue weighted by Gasteiger charge is -2.15. The normalized spacial score (nSPS) is 11.4. The number of rotatable bonds is 10. The van der Waals surface area contributed by atoms with Gasteiger partial charge in [-0.15, -0.1) is 0 Å². The molecule has 1 amide bonds. The highest BCUT2D eigenvalue weighted by Crippen LogP contribution is 2.20. The average Bonchev–Trinajstić information content (AvgIpc) is 2.79. The van der Waals surface area contributed by atoms with E-state index in [9.17, 15) is 4.79 Å². The first-order valence-corrected chi connectivity index (χ1v) is 10.0. The molecule has 0 aliphatic rings. The van der Waals surface area contributed by atoms with Crippen molar-refractivity contribution in [1.82, 2.24) is 0 Å². The number of anilines is 1. The lowest BCUT2D eigenvalue weighted by molar-refractivity contribution is -0.122. The first-order valence-electron chi connectivity index (χ1n) is 10.0. The van der Waals surface area contributed by atoms with E-state index in [0.717, 1.165) is 24.3 Å². The van der Waals surface area contributed by atoms with Crippen molar-refractivity contribution < 1.29 is 19.0 Å². The van der Waals surface area contributed by atoms with Gasteiger partial charge in [-0.3, -0.25) is 4.79 Å². The second-order valence-corrected chi connectivity index (χ2v) is 6.89. The summed E-state index contributed by atoms with van der Waals surface area (Å²) >= 11 is 0. The number of nitrogens with one attached hydrogen (secondary N) is 1. The predicted molar refractivity (Wildman–Crippen MR) is 118 cm³/mol. The number of carbonyl (C=O) groups is 1. The van der Waals surface area contributed by atoms with E-state index in [1.807, 2.05) is 42.5 Å². The van der Waals surface area contributed by atoms with Gasteiger partial charge in [-0.25, -0.2) is 0 Å². The van der Waals surface area contributed by atoms with Crippen LogP contribution in [0.15, 0.2) is 78.9 Å². The highest BCUT2D eigenvalue weighted by Gasteiger charge is 2.15. The molecule has 0 aromatic heterocycles. The molecule has 0 saturated heterocycles. The largest absolute Gasteiger partial charge is 0.497 e. The number of hydrogen-bond acceptors (Lipinski definition) is 4. The summed E-state index contributed by atoms with van der Waals surface area (Å²) in [5.41, 5.74) is 2.01. The maximum absolute atomic E-state index is 12.4. The Hall–Kier alpha value is -3.47. The van der Waals surface area contributed by atoms with Crippen molar-refractivity contribution in [2.24, 2.45) is 0 Å². The summed E-state index contributed by atoms with van der Waals surface area (Å²) in [5.74, 6) is 1.91. The highest BCUT2D eigenvalue weighted by molar-refractivity contribution is 5.94. The van der Waals surface area contributed by atoms with Crippen LogP contribution in [0.4, 0.5) is 5.69 Å². The molecular weight excluding hydrogens is 378 g/mol. The first-order chi connectivity index (χ1) is 14.6. The molecule has 0 bridgehead atoms. The van der Waals surface area contributed by atoms with Crippen molar-refractivity contribution in [2.45, 2.75) is 25.9 Å². The molecule has 156 valence electrons. The fraction of sp³-hybridized carbons (Fsp3) is 0.240. The van der Waals surface area contributed by atoms with E-state index in [-0.39, 0.29) is 5.91 Å². The van der Waals surface area contributed by atoms with Crippen LogP contribution in [0.25, 0.3) is 0 Å². The molecule has 0 fully saturated rings. The zero-order chi connectivity index (χ0) is 21.2. The van der Waals surface area contributed by atoms with Crippen molar-refractivity contribution in [1.29, 1.82) is 0 Å². The number of methoxy groups -OCH3 is 1. The Morgan fingerprint density at radius 3 is 2.17 bits per heavy atom. The van der Waals surface area contributed by atoms with Crippen molar-refractivity contribution in [3.8, 4) is 17.2 Å². The maximum atomic E-state index is 12.4. The van der Waals surface area contributed by atoms with Crippen molar-refractivity contribution in [3.05, 3.63) is 84.4 Å². The molecule has 3 aromatic carbocycles. The maximum Gasteiger partial charge on any atom is 0.265 e. The minimum atomic E-state index is -0.632. The second kappa shape index (κ2) is 10.9. The van der Waals surface area contributed by atoms with Crippen LogP contribution in [0.5, 0.6) is 17.2 Å². The number of benzene rings is 3. The average molecular weight is 405 g/mol. The fourth-order valence-electron chi connectivity index (χ4n) is 2.90. The molecule has 3 rings (SSSR count). The third-order valence-electron chi connectivity index (χ3n) is 4.58. The number of aryl methyl sites for hydroxylation is 1. The number of ether oxygens (including phenoxy) is 3. The van der Waals surface area contributed by atoms with Crippen LogP contribution in [0.3, 0.4) is 0 Å². The van der Waals surface area contributed by atoms with Crippen LogP contribution >= 0.6 is 0 Å². The minimum absolute atomic E-state index is 0.220. The van der Waals surface area contributed by atoms with E-state index in [0.29, 0.717) is 18.0 Å². The molecule has 1 atom stereocenters. The lowest BCUT2D eigenvalue weighted by atomic mass is 10.1. The monoisotopic (exact) mass is 405 g/mol. The Bertz CT molecular complexity index is 908. The van der Waals surface area contributed by atoms with Gasteiger partial charge in [0, 0.05) is 5.69 Å². The summed E-state index contributed by atoms with van der Waals surface area (Å²) in [4.78, 5) is 12.4. The Morgan fingerprint density at radius 2 is 1.50 bits per heavy atom. The SMILES string of the molecule is COc1ccc(OC(C)C(=O)Nc2ccc(OCCCc3ccccc3)cc2)cc1.